The monoisotopic (exact) mass is 266 g/mol. The fourth-order valence-corrected chi connectivity index (χ4v) is 1.83. The van der Waals surface area contributed by atoms with Crippen molar-refractivity contribution in [3.05, 3.63) is 47.2 Å². The molecule has 0 aliphatic heterocycles. The second-order valence-electron chi connectivity index (χ2n) is 3.78. The fourth-order valence-electron chi connectivity index (χ4n) is 1.60. The van der Waals surface area contributed by atoms with Crippen LogP contribution in [-0.4, -0.2) is 7.11 Å². The first-order chi connectivity index (χ1) is 8.56. The van der Waals surface area contributed by atoms with E-state index in [1.807, 2.05) is 0 Å². The summed E-state index contributed by atoms with van der Waals surface area (Å²) in [5, 5.41) is 3.34. The van der Waals surface area contributed by atoms with Gasteiger partial charge < -0.3 is 15.8 Å². The van der Waals surface area contributed by atoms with E-state index >= 15 is 0 Å². The van der Waals surface area contributed by atoms with Crippen molar-refractivity contribution in [1.29, 1.82) is 0 Å². The molecule has 0 aliphatic carbocycles. The van der Waals surface area contributed by atoms with Gasteiger partial charge in [-0.15, -0.1) is 0 Å². The third-order valence-corrected chi connectivity index (χ3v) is 2.53. The second-order valence-corrected chi connectivity index (χ2v) is 4.21. The molecule has 3 N–H and O–H groups in total. The third kappa shape index (κ3) is 3.05. The minimum Gasteiger partial charge on any atom is -0.497 e. The van der Waals surface area contributed by atoms with Gasteiger partial charge in [0.05, 0.1) is 7.11 Å². The lowest BCUT2D eigenvalue weighted by Crippen LogP contribution is -1.95. The molecule has 0 bridgehead atoms. The highest BCUT2D eigenvalue weighted by atomic mass is 35.5. The normalized spacial score (nSPS) is 10.2. The fraction of sp³-hybridized carbons (Fsp3) is 0.0769. The quantitative estimate of drug-likeness (QED) is 0.831. The molecule has 0 aliphatic rings. The Morgan fingerprint density at radius 3 is 2.50 bits per heavy atom. The summed E-state index contributed by atoms with van der Waals surface area (Å²) in [6.07, 6.45) is 0. The highest BCUT2D eigenvalue weighted by Crippen LogP contribution is 2.26. The van der Waals surface area contributed by atoms with Crippen LogP contribution < -0.4 is 15.8 Å². The second kappa shape index (κ2) is 5.14. The lowest BCUT2D eigenvalue weighted by atomic mass is 10.2. The first kappa shape index (κ1) is 12.5. The van der Waals surface area contributed by atoms with Crippen molar-refractivity contribution in [2.75, 3.05) is 18.2 Å². The number of anilines is 3. The lowest BCUT2D eigenvalue weighted by Gasteiger charge is -2.10. The molecule has 2 aromatic rings. The van der Waals surface area contributed by atoms with Gasteiger partial charge in [0.15, 0.2) is 0 Å². The number of nitrogen functional groups attached to an aromatic ring is 1. The van der Waals surface area contributed by atoms with Crippen molar-refractivity contribution in [2.24, 2.45) is 0 Å². The van der Waals surface area contributed by atoms with Crippen LogP contribution in [0, 0.1) is 5.82 Å². The maximum atomic E-state index is 13.2. The summed E-state index contributed by atoms with van der Waals surface area (Å²) in [4.78, 5) is 0. The average Bonchev–Trinajstić information content (AvgIpc) is 2.26. The summed E-state index contributed by atoms with van der Waals surface area (Å²) in [6.45, 7) is 0. The molecule has 0 amide bonds. The topological polar surface area (TPSA) is 47.3 Å². The maximum Gasteiger partial charge on any atom is 0.126 e. The van der Waals surface area contributed by atoms with E-state index < -0.39 is 5.82 Å². The number of hydrogen-bond donors (Lipinski definition) is 2. The molecule has 0 unspecified atom stereocenters. The van der Waals surface area contributed by atoms with Gasteiger partial charge in [0.1, 0.15) is 11.6 Å². The zero-order valence-electron chi connectivity index (χ0n) is 9.71. The zero-order valence-corrected chi connectivity index (χ0v) is 10.5. The molecule has 0 fully saturated rings. The van der Waals surface area contributed by atoms with Crippen LogP contribution in [0.5, 0.6) is 5.75 Å². The molecule has 18 heavy (non-hydrogen) atoms. The Labute approximate surface area is 109 Å². The Morgan fingerprint density at radius 2 is 1.83 bits per heavy atom. The van der Waals surface area contributed by atoms with Gasteiger partial charge in [0.2, 0.25) is 0 Å². The molecule has 2 rings (SSSR count). The van der Waals surface area contributed by atoms with E-state index in [1.165, 1.54) is 12.1 Å². The molecule has 94 valence electrons. The number of methoxy groups -OCH3 is 1. The maximum absolute atomic E-state index is 13.2. The van der Waals surface area contributed by atoms with E-state index in [2.05, 4.69) is 5.32 Å². The predicted octanol–water partition coefficient (Wildman–Crippen LogP) is 3.81. The first-order valence-corrected chi connectivity index (χ1v) is 5.62. The van der Waals surface area contributed by atoms with Crippen molar-refractivity contribution < 1.29 is 9.13 Å². The molecule has 0 radical (unpaired) electrons. The van der Waals surface area contributed by atoms with Crippen molar-refractivity contribution in [1.82, 2.24) is 0 Å². The number of hydrogen-bond acceptors (Lipinski definition) is 3. The van der Waals surface area contributed by atoms with Crippen LogP contribution in [0.25, 0.3) is 0 Å². The molecule has 0 heterocycles. The highest BCUT2D eigenvalue weighted by molar-refractivity contribution is 6.30. The molecule has 5 heteroatoms. The van der Waals surface area contributed by atoms with E-state index in [4.69, 9.17) is 22.1 Å². The number of halogens is 2. The standard InChI is InChI=1S/C13H12ClFN2O/c1-18-13-6-10(16)5-12(7-13)17-11-3-8(14)2-9(15)4-11/h2-7,17H,16H2,1H3. The van der Waals surface area contributed by atoms with Crippen LogP contribution in [0.4, 0.5) is 21.5 Å². The summed E-state index contributed by atoms with van der Waals surface area (Å²) < 4.78 is 18.3. The van der Waals surface area contributed by atoms with E-state index in [0.29, 0.717) is 27.8 Å². The number of rotatable bonds is 3. The average molecular weight is 267 g/mol. The number of benzene rings is 2. The molecule has 0 spiro atoms. The van der Waals surface area contributed by atoms with Gasteiger partial charge in [0.25, 0.3) is 0 Å². The van der Waals surface area contributed by atoms with Gasteiger partial charge in [-0.05, 0) is 24.3 Å². The van der Waals surface area contributed by atoms with Crippen LogP contribution in [0.1, 0.15) is 0 Å². The Bertz CT molecular complexity index is 555. The van der Waals surface area contributed by atoms with Crippen molar-refractivity contribution in [3.8, 4) is 5.75 Å². The van der Waals surface area contributed by atoms with Gasteiger partial charge >= 0.3 is 0 Å². The van der Waals surface area contributed by atoms with Gasteiger partial charge in [-0.1, -0.05) is 11.6 Å². The summed E-state index contributed by atoms with van der Waals surface area (Å²) in [5.74, 6) is 0.223. The Kier molecular flexibility index (Phi) is 3.58. The molecule has 0 aromatic heterocycles. The Morgan fingerprint density at radius 1 is 1.11 bits per heavy atom. The number of ether oxygens (including phenoxy) is 1. The van der Waals surface area contributed by atoms with Gasteiger partial charge in [0, 0.05) is 34.2 Å². The Hall–Kier alpha value is -1.94. The van der Waals surface area contributed by atoms with E-state index in [9.17, 15) is 4.39 Å². The van der Waals surface area contributed by atoms with Crippen LogP contribution in [0.15, 0.2) is 36.4 Å². The highest BCUT2D eigenvalue weighted by Gasteiger charge is 2.02. The van der Waals surface area contributed by atoms with Gasteiger partial charge in [-0.3, -0.25) is 0 Å². The van der Waals surface area contributed by atoms with E-state index in [-0.39, 0.29) is 0 Å². The number of nitrogens with two attached hydrogens (primary N) is 1. The summed E-state index contributed by atoms with van der Waals surface area (Å²) in [5.41, 5.74) is 7.53. The molecule has 0 saturated carbocycles. The first-order valence-electron chi connectivity index (χ1n) is 5.24. The van der Waals surface area contributed by atoms with E-state index in [1.54, 1.807) is 31.4 Å². The van der Waals surface area contributed by atoms with Crippen LogP contribution in [-0.2, 0) is 0 Å². The summed E-state index contributed by atoms with van der Waals surface area (Å²) >= 11 is 5.78. The van der Waals surface area contributed by atoms with Crippen LogP contribution in [0.3, 0.4) is 0 Å². The largest absolute Gasteiger partial charge is 0.497 e. The lowest BCUT2D eigenvalue weighted by molar-refractivity contribution is 0.415. The van der Waals surface area contributed by atoms with Gasteiger partial charge in [-0.25, -0.2) is 4.39 Å². The number of nitrogens with one attached hydrogen (secondary N) is 1. The minimum atomic E-state index is -0.402. The van der Waals surface area contributed by atoms with E-state index in [0.717, 1.165) is 0 Å². The van der Waals surface area contributed by atoms with Crippen molar-refractivity contribution >= 4 is 28.7 Å². The van der Waals surface area contributed by atoms with Crippen molar-refractivity contribution in [3.63, 3.8) is 0 Å². The molecule has 0 saturated heterocycles. The third-order valence-electron chi connectivity index (χ3n) is 2.32. The summed E-state index contributed by atoms with van der Waals surface area (Å²) in [6, 6.07) is 9.40. The molecular weight excluding hydrogens is 255 g/mol. The predicted molar refractivity (Wildman–Crippen MR) is 72.1 cm³/mol. The molecule has 0 atom stereocenters. The molecule has 2 aromatic carbocycles. The summed E-state index contributed by atoms with van der Waals surface area (Å²) in [7, 11) is 1.55. The molecule has 3 nitrogen and oxygen atoms in total. The van der Waals surface area contributed by atoms with Crippen molar-refractivity contribution in [2.45, 2.75) is 0 Å². The van der Waals surface area contributed by atoms with Gasteiger partial charge in [-0.2, -0.15) is 0 Å². The minimum absolute atomic E-state index is 0.327. The molecular formula is C13H12ClFN2O. The van der Waals surface area contributed by atoms with Crippen LogP contribution in [0.2, 0.25) is 5.02 Å². The smallest absolute Gasteiger partial charge is 0.126 e. The van der Waals surface area contributed by atoms with Crippen LogP contribution >= 0.6 is 11.6 Å². The zero-order chi connectivity index (χ0) is 13.1. The Balaban J connectivity index is 2.30. The SMILES string of the molecule is COc1cc(N)cc(Nc2cc(F)cc(Cl)c2)c1.